The van der Waals surface area contributed by atoms with Crippen molar-refractivity contribution in [1.82, 2.24) is 5.43 Å². The molecule has 0 bridgehead atoms. The fraction of sp³-hybridized carbons (Fsp3) is 0.900. The Labute approximate surface area is 85.2 Å². The number of carbonyl (C=O) groups is 1. The van der Waals surface area contributed by atoms with Gasteiger partial charge in [0.1, 0.15) is 0 Å². The fourth-order valence-corrected chi connectivity index (χ4v) is 2.10. The van der Waals surface area contributed by atoms with Crippen molar-refractivity contribution >= 4 is 5.91 Å². The molecule has 1 fully saturated rings. The maximum absolute atomic E-state index is 11.3. The Morgan fingerprint density at radius 3 is 2.57 bits per heavy atom. The van der Waals surface area contributed by atoms with Gasteiger partial charge in [0.2, 0.25) is 5.91 Å². The lowest BCUT2D eigenvalue weighted by Gasteiger charge is -2.36. The molecule has 1 saturated carbocycles. The van der Waals surface area contributed by atoms with Gasteiger partial charge in [-0.05, 0) is 39.5 Å². The lowest BCUT2D eigenvalue weighted by molar-refractivity contribution is -0.129. The highest BCUT2D eigenvalue weighted by Crippen LogP contribution is 2.34. The Hall–Kier alpha value is -0.610. The topological polar surface area (TPSA) is 64.3 Å². The maximum Gasteiger partial charge on any atom is 0.236 e. The van der Waals surface area contributed by atoms with Crippen molar-refractivity contribution < 1.29 is 9.53 Å². The molecule has 14 heavy (non-hydrogen) atoms. The molecule has 0 aromatic carbocycles. The van der Waals surface area contributed by atoms with E-state index >= 15 is 0 Å². The summed E-state index contributed by atoms with van der Waals surface area (Å²) in [5.41, 5.74) is 2.19. The number of amides is 1. The number of carbonyl (C=O) groups excluding carboxylic acids is 1. The summed E-state index contributed by atoms with van der Waals surface area (Å²) < 4.78 is 5.67. The molecule has 0 spiro atoms. The first-order chi connectivity index (χ1) is 6.61. The third-order valence-electron chi connectivity index (χ3n) is 3.05. The van der Waals surface area contributed by atoms with E-state index in [1.165, 1.54) is 0 Å². The molecule has 4 heteroatoms. The molecule has 0 saturated heterocycles. The minimum atomic E-state index is -0.0384. The SMILES string of the molecule is CCO[C@]1(C)CC[C@@H](C(=O)NN)CC1. The summed E-state index contributed by atoms with van der Waals surface area (Å²) in [5.74, 6) is 5.14. The van der Waals surface area contributed by atoms with E-state index in [1.54, 1.807) is 0 Å². The van der Waals surface area contributed by atoms with E-state index in [0.717, 1.165) is 32.3 Å². The molecule has 0 atom stereocenters. The minimum Gasteiger partial charge on any atom is -0.376 e. The average molecular weight is 200 g/mol. The standard InChI is InChI=1S/C10H20N2O2/c1-3-14-10(2)6-4-8(5-7-10)9(13)12-11/h8H,3-7,11H2,1-2H3,(H,12,13)/t8-,10-. The van der Waals surface area contributed by atoms with Crippen LogP contribution < -0.4 is 11.3 Å². The zero-order valence-corrected chi connectivity index (χ0v) is 9.01. The number of hydrogen-bond acceptors (Lipinski definition) is 3. The predicted octanol–water partition coefficient (Wildman–Crippen LogP) is 0.962. The number of rotatable bonds is 3. The van der Waals surface area contributed by atoms with Crippen LogP contribution in [0.25, 0.3) is 0 Å². The number of ether oxygens (including phenoxy) is 1. The summed E-state index contributed by atoms with van der Waals surface area (Å²) >= 11 is 0. The minimum absolute atomic E-state index is 0.0277. The van der Waals surface area contributed by atoms with Crippen molar-refractivity contribution in [3.63, 3.8) is 0 Å². The van der Waals surface area contributed by atoms with Crippen molar-refractivity contribution in [2.75, 3.05) is 6.61 Å². The van der Waals surface area contributed by atoms with E-state index in [0.29, 0.717) is 0 Å². The largest absolute Gasteiger partial charge is 0.376 e. The molecule has 4 nitrogen and oxygen atoms in total. The normalized spacial score (nSPS) is 32.6. The Kier molecular flexibility index (Phi) is 3.89. The second-order valence-electron chi connectivity index (χ2n) is 4.17. The zero-order chi connectivity index (χ0) is 10.6. The summed E-state index contributed by atoms with van der Waals surface area (Å²) in [7, 11) is 0. The highest BCUT2D eigenvalue weighted by Gasteiger charge is 2.33. The average Bonchev–Trinajstić information content (AvgIpc) is 2.18. The van der Waals surface area contributed by atoms with Crippen LogP contribution in [0, 0.1) is 5.92 Å². The fourth-order valence-electron chi connectivity index (χ4n) is 2.10. The maximum atomic E-state index is 11.3. The molecule has 3 N–H and O–H groups in total. The molecule has 0 heterocycles. The van der Waals surface area contributed by atoms with Gasteiger partial charge in [0, 0.05) is 12.5 Å². The van der Waals surface area contributed by atoms with Crippen LogP contribution in [0.1, 0.15) is 39.5 Å². The summed E-state index contributed by atoms with van der Waals surface area (Å²) in [4.78, 5) is 11.3. The quantitative estimate of drug-likeness (QED) is 0.405. The number of hydrogen-bond donors (Lipinski definition) is 2. The molecule has 1 rings (SSSR count). The molecule has 0 aromatic rings. The molecule has 0 aliphatic heterocycles. The van der Waals surface area contributed by atoms with E-state index in [1.807, 2.05) is 6.92 Å². The van der Waals surface area contributed by atoms with Gasteiger partial charge < -0.3 is 4.74 Å². The third-order valence-corrected chi connectivity index (χ3v) is 3.05. The molecule has 1 aliphatic rings. The van der Waals surface area contributed by atoms with Gasteiger partial charge >= 0.3 is 0 Å². The zero-order valence-electron chi connectivity index (χ0n) is 9.01. The van der Waals surface area contributed by atoms with Crippen molar-refractivity contribution in [1.29, 1.82) is 0 Å². The van der Waals surface area contributed by atoms with Gasteiger partial charge in [0.25, 0.3) is 0 Å². The third kappa shape index (κ3) is 2.69. The van der Waals surface area contributed by atoms with E-state index in [9.17, 15) is 4.79 Å². The molecule has 0 unspecified atom stereocenters. The van der Waals surface area contributed by atoms with Crippen LogP contribution in [0.5, 0.6) is 0 Å². The Bertz CT molecular complexity index is 198. The lowest BCUT2D eigenvalue weighted by Crippen LogP contribution is -2.41. The molecular weight excluding hydrogens is 180 g/mol. The Morgan fingerprint density at radius 1 is 1.57 bits per heavy atom. The monoisotopic (exact) mass is 200 g/mol. The van der Waals surface area contributed by atoms with Gasteiger partial charge in [-0.2, -0.15) is 0 Å². The second kappa shape index (κ2) is 4.75. The molecule has 1 aliphatic carbocycles. The molecule has 0 radical (unpaired) electrons. The van der Waals surface area contributed by atoms with Crippen LogP contribution in [0.15, 0.2) is 0 Å². The van der Waals surface area contributed by atoms with Crippen molar-refractivity contribution in [3.05, 3.63) is 0 Å². The molecular formula is C10H20N2O2. The smallest absolute Gasteiger partial charge is 0.236 e. The summed E-state index contributed by atoms with van der Waals surface area (Å²) in [6, 6.07) is 0. The van der Waals surface area contributed by atoms with E-state index in [4.69, 9.17) is 10.6 Å². The van der Waals surface area contributed by atoms with Crippen molar-refractivity contribution in [2.24, 2.45) is 11.8 Å². The number of nitrogens with one attached hydrogen (secondary N) is 1. The van der Waals surface area contributed by atoms with Crippen molar-refractivity contribution in [2.45, 2.75) is 45.1 Å². The van der Waals surface area contributed by atoms with Gasteiger partial charge in [-0.15, -0.1) is 0 Å². The summed E-state index contributed by atoms with van der Waals surface area (Å²) in [6.07, 6.45) is 3.64. The van der Waals surface area contributed by atoms with Crippen LogP contribution in [-0.2, 0) is 9.53 Å². The lowest BCUT2D eigenvalue weighted by atomic mass is 9.79. The Morgan fingerprint density at radius 2 is 2.14 bits per heavy atom. The first kappa shape index (κ1) is 11.5. The summed E-state index contributed by atoms with van der Waals surface area (Å²) in [5, 5.41) is 0. The van der Waals surface area contributed by atoms with Gasteiger partial charge in [0.05, 0.1) is 5.60 Å². The van der Waals surface area contributed by atoms with Crippen LogP contribution >= 0.6 is 0 Å². The van der Waals surface area contributed by atoms with Crippen LogP contribution in [0.2, 0.25) is 0 Å². The summed E-state index contributed by atoms with van der Waals surface area (Å²) in [6.45, 7) is 4.86. The van der Waals surface area contributed by atoms with E-state index < -0.39 is 0 Å². The highest BCUT2D eigenvalue weighted by molar-refractivity contribution is 5.78. The first-order valence-electron chi connectivity index (χ1n) is 5.25. The van der Waals surface area contributed by atoms with E-state index in [2.05, 4.69) is 12.3 Å². The molecule has 0 aromatic heterocycles. The van der Waals surface area contributed by atoms with Crippen LogP contribution in [0.3, 0.4) is 0 Å². The highest BCUT2D eigenvalue weighted by atomic mass is 16.5. The second-order valence-corrected chi connectivity index (χ2v) is 4.17. The number of hydrazine groups is 1. The van der Waals surface area contributed by atoms with Gasteiger partial charge in [-0.25, -0.2) is 5.84 Å². The van der Waals surface area contributed by atoms with Gasteiger partial charge in [0.15, 0.2) is 0 Å². The van der Waals surface area contributed by atoms with Crippen LogP contribution in [0.4, 0.5) is 0 Å². The molecule has 1 amide bonds. The predicted molar refractivity (Wildman–Crippen MR) is 54.3 cm³/mol. The number of nitrogens with two attached hydrogens (primary N) is 1. The van der Waals surface area contributed by atoms with Gasteiger partial charge in [-0.1, -0.05) is 0 Å². The van der Waals surface area contributed by atoms with Crippen molar-refractivity contribution in [3.8, 4) is 0 Å². The van der Waals surface area contributed by atoms with E-state index in [-0.39, 0.29) is 17.4 Å². The Balaban J connectivity index is 2.41. The van der Waals surface area contributed by atoms with Gasteiger partial charge in [-0.3, -0.25) is 10.2 Å². The van der Waals surface area contributed by atoms with Crippen LogP contribution in [-0.4, -0.2) is 18.1 Å². The first-order valence-corrected chi connectivity index (χ1v) is 5.25. The molecule has 82 valence electrons.